The van der Waals surface area contributed by atoms with Gasteiger partial charge in [0.25, 0.3) is 0 Å². The van der Waals surface area contributed by atoms with E-state index in [1.54, 1.807) is 6.07 Å². The molecule has 0 radical (unpaired) electrons. The van der Waals surface area contributed by atoms with E-state index >= 15 is 0 Å². The molecule has 0 bridgehead atoms. The molecule has 0 unspecified atom stereocenters. The summed E-state index contributed by atoms with van der Waals surface area (Å²) in [7, 11) is 0. The van der Waals surface area contributed by atoms with Crippen molar-refractivity contribution in [3.63, 3.8) is 0 Å². The zero-order chi connectivity index (χ0) is 9.54. The average Bonchev–Trinajstić information content (AvgIpc) is 2.61. The number of hydrogen-bond donors (Lipinski definition) is 0. The zero-order valence-electron chi connectivity index (χ0n) is 7.19. The topological polar surface area (TPSA) is 17.1 Å². The average molecular weight is 265 g/mol. The summed E-state index contributed by atoms with van der Waals surface area (Å²) in [6, 6.07) is 10.1. The third-order valence-electron chi connectivity index (χ3n) is 2.19. The van der Waals surface area contributed by atoms with Crippen molar-refractivity contribution in [3.8, 4) is 0 Å². The summed E-state index contributed by atoms with van der Waals surface area (Å²) in [6.07, 6.45) is 0. The van der Waals surface area contributed by atoms with Gasteiger partial charge in [-0.25, -0.2) is 0 Å². The van der Waals surface area contributed by atoms with Gasteiger partial charge in [-0.1, -0.05) is 0 Å². The van der Waals surface area contributed by atoms with E-state index in [0.717, 1.165) is 4.70 Å². The molecule has 0 spiro atoms. The van der Waals surface area contributed by atoms with E-state index < -0.39 is 0 Å². The van der Waals surface area contributed by atoms with E-state index in [-0.39, 0.29) is 4.74 Å². The van der Waals surface area contributed by atoms with Crippen LogP contribution in [0, 0.1) is 0 Å². The molecular formula is C11H6OSSe. The van der Waals surface area contributed by atoms with Gasteiger partial charge in [-0.05, 0) is 0 Å². The second kappa shape index (κ2) is 3.06. The Labute approximate surface area is 90.4 Å². The van der Waals surface area contributed by atoms with E-state index in [0.29, 0.717) is 14.5 Å². The molecular weight excluding hydrogens is 259 g/mol. The monoisotopic (exact) mass is 266 g/mol. The summed E-state index contributed by atoms with van der Waals surface area (Å²) in [6.45, 7) is 0. The molecule has 0 fully saturated rings. The summed E-state index contributed by atoms with van der Waals surface area (Å²) in [4.78, 5) is 13.4. The van der Waals surface area contributed by atoms with Crippen LogP contribution in [0.1, 0.15) is 0 Å². The Hall–Kier alpha value is -0.891. The Bertz CT molecular complexity index is 665. The number of benzene rings is 1. The van der Waals surface area contributed by atoms with Crippen LogP contribution in [-0.4, -0.2) is 14.5 Å². The first-order valence-electron chi connectivity index (χ1n) is 4.24. The van der Waals surface area contributed by atoms with Gasteiger partial charge in [0.15, 0.2) is 0 Å². The SMILES string of the molecule is O=c1ccc2cc3cc[se]c3cc2s1. The van der Waals surface area contributed by atoms with Gasteiger partial charge in [0.2, 0.25) is 0 Å². The van der Waals surface area contributed by atoms with Crippen LogP contribution in [-0.2, 0) is 0 Å². The van der Waals surface area contributed by atoms with Crippen molar-refractivity contribution in [2.45, 2.75) is 0 Å². The second-order valence-corrected chi connectivity index (χ2v) is 6.14. The fraction of sp³-hybridized carbons (Fsp3) is 0. The third kappa shape index (κ3) is 1.25. The van der Waals surface area contributed by atoms with Crippen LogP contribution < -0.4 is 4.74 Å². The molecule has 3 rings (SSSR count). The van der Waals surface area contributed by atoms with Gasteiger partial charge >= 0.3 is 90.4 Å². The summed E-state index contributed by atoms with van der Waals surface area (Å²) >= 11 is 1.80. The van der Waals surface area contributed by atoms with Crippen molar-refractivity contribution in [2.24, 2.45) is 0 Å². The standard InChI is InChI=1S/C11H6OSSe/c12-11-2-1-7-5-8-3-4-14-10(8)6-9(7)13-11/h1-6H. The minimum atomic E-state index is 0.135. The predicted molar refractivity (Wildman–Crippen MR) is 62.5 cm³/mol. The summed E-state index contributed by atoms with van der Waals surface area (Å²) in [5.41, 5.74) is 0. The van der Waals surface area contributed by atoms with Gasteiger partial charge in [0, 0.05) is 0 Å². The van der Waals surface area contributed by atoms with Crippen LogP contribution in [0.2, 0.25) is 0 Å². The minimum absolute atomic E-state index is 0.135. The van der Waals surface area contributed by atoms with Gasteiger partial charge in [0.05, 0.1) is 0 Å². The first-order valence-corrected chi connectivity index (χ1v) is 6.90. The summed E-state index contributed by atoms with van der Waals surface area (Å²) < 4.78 is 2.64. The van der Waals surface area contributed by atoms with Crippen molar-refractivity contribution >= 4 is 45.6 Å². The summed E-state index contributed by atoms with van der Waals surface area (Å²) in [5.74, 6) is 0. The molecule has 0 aliphatic carbocycles. The van der Waals surface area contributed by atoms with Crippen LogP contribution in [0.5, 0.6) is 0 Å². The molecule has 0 aliphatic heterocycles. The van der Waals surface area contributed by atoms with Crippen LogP contribution in [0.3, 0.4) is 0 Å². The van der Waals surface area contributed by atoms with Crippen molar-refractivity contribution in [3.05, 3.63) is 44.8 Å². The van der Waals surface area contributed by atoms with Crippen LogP contribution in [0.25, 0.3) is 19.7 Å². The van der Waals surface area contributed by atoms with Gasteiger partial charge in [-0.3, -0.25) is 0 Å². The molecule has 3 heteroatoms. The van der Waals surface area contributed by atoms with Gasteiger partial charge < -0.3 is 0 Å². The quantitative estimate of drug-likeness (QED) is 0.571. The molecule has 0 saturated carbocycles. The molecule has 0 atom stereocenters. The van der Waals surface area contributed by atoms with Gasteiger partial charge in [-0.15, -0.1) is 0 Å². The molecule has 2 aromatic heterocycles. The second-order valence-electron chi connectivity index (χ2n) is 3.10. The molecule has 1 nitrogen and oxygen atoms in total. The van der Waals surface area contributed by atoms with E-state index in [1.165, 1.54) is 26.4 Å². The zero-order valence-corrected chi connectivity index (χ0v) is 9.72. The predicted octanol–water partition coefficient (Wildman–Crippen LogP) is 2.47. The van der Waals surface area contributed by atoms with E-state index in [4.69, 9.17) is 0 Å². The maximum atomic E-state index is 11.2. The fourth-order valence-corrected chi connectivity index (χ4v) is 4.17. The molecule has 0 saturated heterocycles. The Morgan fingerprint density at radius 3 is 2.93 bits per heavy atom. The number of fused-ring (bicyclic) bond motifs is 2. The van der Waals surface area contributed by atoms with Crippen molar-refractivity contribution in [1.82, 2.24) is 0 Å². The number of rotatable bonds is 0. The molecule has 2 heterocycles. The molecule has 0 N–H and O–H groups in total. The van der Waals surface area contributed by atoms with E-state index in [9.17, 15) is 4.79 Å². The molecule has 68 valence electrons. The van der Waals surface area contributed by atoms with Gasteiger partial charge in [0.1, 0.15) is 0 Å². The Morgan fingerprint density at radius 2 is 2.00 bits per heavy atom. The normalized spacial score (nSPS) is 11.1. The van der Waals surface area contributed by atoms with E-state index in [1.807, 2.05) is 6.07 Å². The first-order chi connectivity index (χ1) is 6.83. The van der Waals surface area contributed by atoms with Gasteiger partial charge in [-0.2, -0.15) is 0 Å². The fourth-order valence-electron chi connectivity index (χ4n) is 1.53. The molecule has 14 heavy (non-hydrogen) atoms. The van der Waals surface area contributed by atoms with Crippen LogP contribution in [0.4, 0.5) is 0 Å². The van der Waals surface area contributed by atoms with Crippen molar-refractivity contribution in [1.29, 1.82) is 0 Å². The molecule has 3 aromatic rings. The van der Waals surface area contributed by atoms with Crippen molar-refractivity contribution in [2.75, 3.05) is 0 Å². The third-order valence-corrected chi connectivity index (χ3v) is 4.95. The maximum absolute atomic E-state index is 11.2. The Balaban J connectivity index is 2.56. The number of hydrogen-bond acceptors (Lipinski definition) is 2. The van der Waals surface area contributed by atoms with Crippen LogP contribution >= 0.6 is 11.3 Å². The Morgan fingerprint density at radius 1 is 1.07 bits per heavy atom. The molecule has 1 aromatic carbocycles. The Kier molecular flexibility index (Phi) is 1.84. The van der Waals surface area contributed by atoms with E-state index in [2.05, 4.69) is 23.1 Å². The molecule has 0 aliphatic rings. The van der Waals surface area contributed by atoms with Crippen molar-refractivity contribution < 1.29 is 0 Å². The summed E-state index contributed by atoms with van der Waals surface area (Å²) in [5, 5.41) is 2.50. The van der Waals surface area contributed by atoms with Crippen LogP contribution in [0.15, 0.2) is 40.1 Å². The molecule has 0 amide bonds. The first kappa shape index (κ1) is 8.42.